The molecule has 0 atom stereocenters. The summed E-state index contributed by atoms with van der Waals surface area (Å²) in [6.07, 6.45) is 0. The molecule has 0 saturated heterocycles. The minimum absolute atomic E-state index is 0.104. The average molecular weight is 305 g/mol. The quantitative estimate of drug-likeness (QED) is 0.713. The summed E-state index contributed by atoms with van der Waals surface area (Å²) in [6, 6.07) is 20.5. The highest BCUT2D eigenvalue weighted by Crippen LogP contribution is 2.33. The Bertz CT molecular complexity index is 789. The third-order valence-corrected chi connectivity index (χ3v) is 4.71. The number of nitrogens with zero attached hydrogens (tertiary/aromatic N) is 1. The molecule has 0 fully saturated rings. The molecule has 1 heterocycles. The van der Waals surface area contributed by atoms with Crippen LogP contribution in [-0.4, -0.2) is 9.67 Å². The smallest absolute Gasteiger partial charge is 0.115 e. The number of hydrogen-bond donors (Lipinski definition) is 1. The van der Waals surface area contributed by atoms with Crippen molar-refractivity contribution >= 4 is 0 Å². The minimum Gasteiger partial charge on any atom is -0.508 e. The highest BCUT2D eigenvalue weighted by molar-refractivity contribution is 5.45. The van der Waals surface area contributed by atoms with Crippen molar-refractivity contribution in [3.63, 3.8) is 0 Å². The molecule has 2 nitrogen and oxygen atoms in total. The number of aryl methyl sites for hydroxylation is 2. The molecule has 2 heteroatoms. The molecule has 1 N–H and O–H groups in total. The number of rotatable bonds is 3. The van der Waals surface area contributed by atoms with E-state index in [1.54, 1.807) is 12.1 Å². The molecule has 1 aromatic heterocycles. The topological polar surface area (TPSA) is 25.2 Å². The van der Waals surface area contributed by atoms with Crippen LogP contribution >= 0.6 is 0 Å². The normalized spacial score (nSPS) is 11.7. The van der Waals surface area contributed by atoms with Gasteiger partial charge in [0.2, 0.25) is 0 Å². The van der Waals surface area contributed by atoms with Gasteiger partial charge in [-0.2, -0.15) is 0 Å². The number of phenols is 1. The molecule has 118 valence electrons. The van der Waals surface area contributed by atoms with Crippen molar-refractivity contribution in [2.75, 3.05) is 0 Å². The van der Waals surface area contributed by atoms with E-state index in [-0.39, 0.29) is 5.41 Å². The Morgan fingerprint density at radius 3 is 1.61 bits per heavy atom. The fourth-order valence-corrected chi connectivity index (χ4v) is 3.15. The van der Waals surface area contributed by atoms with E-state index in [0.717, 1.165) is 0 Å². The van der Waals surface area contributed by atoms with Gasteiger partial charge in [-0.1, -0.05) is 38.1 Å². The van der Waals surface area contributed by atoms with Crippen LogP contribution in [0.2, 0.25) is 0 Å². The summed E-state index contributed by atoms with van der Waals surface area (Å²) in [4.78, 5) is 0. The van der Waals surface area contributed by atoms with E-state index < -0.39 is 0 Å². The lowest BCUT2D eigenvalue weighted by atomic mass is 9.78. The minimum atomic E-state index is -0.104. The lowest BCUT2D eigenvalue weighted by Crippen LogP contribution is -2.18. The second kappa shape index (κ2) is 5.62. The molecule has 2 aromatic carbocycles. The molecule has 0 bridgehead atoms. The number of aromatic hydroxyl groups is 1. The second-order valence-electron chi connectivity index (χ2n) is 6.67. The molecular weight excluding hydrogens is 282 g/mol. The molecule has 0 unspecified atom stereocenters. The Morgan fingerprint density at radius 1 is 0.696 bits per heavy atom. The molecule has 0 amide bonds. The summed E-state index contributed by atoms with van der Waals surface area (Å²) in [6.45, 7) is 8.67. The van der Waals surface area contributed by atoms with Gasteiger partial charge < -0.3 is 9.67 Å². The van der Waals surface area contributed by atoms with Gasteiger partial charge in [0.25, 0.3) is 0 Å². The van der Waals surface area contributed by atoms with E-state index in [0.29, 0.717) is 5.75 Å². The van der Waals surface area contributed by atoms with Crippen LogP contribution in [-0.2, 0) is 5.41 Å². The lowest BCUT2D eigenvalue weighted by Gasteiger charge is -2.26. The van der Waals surface area contributed by atoms with Crippen LogP contribution in [0.5, 0.6) is 5.75 Å². The van der Waals surface area contributed by atoms with E-state index in [9.17, 15) is 5.11 Å². The predicted molar refractivity (Wildman–Crippen MR) is 95.5 cm³/mol. The van der Waals surface area contributed by atoms with Crippen molar-refractivity contribution in [2.45, 2.75) is 33.1 Å². The van der Waals surface area contributed by atoms with Gasteiger partial charge in [-0.25, -0.2) is 0 Å². The zero-order valence-electron chi connectivity index (χ0n) is 14.2. The summed E-state index contributed by atoms with van der Waals surface area (Å²) < 4.78 is 2.26. The number of aromatic nitrogens is 1. The summed E-state index contributed by atoms with van der Waals surface area (Å²) in [7, 11) is 0. The number of phenolic OH excluding ortho intramolecular Hbond substituents is 1. The van der Waals surface area contributed by atoms with E-state index in [2.05, 4.69) is 68.7 Å². The van der Waals surface area contributed by atoms with Gasteiger partial charge in [0.1, 0.15) is 5.75 Å². The highest BCUT2D eigenvalue weighted by atomic mass is 16.3. The Labute approximate surface area is 138 Å². The van der Waals surface area contributed by atoms with Crippen molar-refractivity contribution in [3.05, 3.63) is 83.2 Å². The fourth-order valence-electron chi connectivity index (χ4n) is 3.15. The fraction of sp³-hybridized carbons (Fsp3) is 0.238. The third kappa shape index (κ3) is 2.77. The van der Waals surface area contributed by atoms with Crippen LogP contribution in [0.3, 0.4) is 0 Å². The molecule has 3 aromatic rings. The molecule has 0 aliphatic carbocycles. The first-order valence-electron chi connectivity index (χ1n) is 7.95. The molecule has 23 heavy (non-hydrogen) atoms. The molecule has 0 aliphatic heterocycles. The van der Waals surface area contributed by atoms with Crippen molar-refractivity contribution in [2.24, 2.45) is 0 Å². The Morgan fingerprint density at radius 2 is 1.13 bits per heavy atom. The van der Waals surface area contributed by atoms with E-state index in [1.165, 1.54) is 28.2 Å². The van der Waals surface area contributed by atoms with Gasteiger partial charge >= 0.3 is 0 Å². The second-order valence-corrected chi connectivity index (χ2v) is 6.67. The molecular formula is C21H23NO. The van der Waals surface area contributed by atoms with Crippen molar-refractivity contribution in [1.82, 2.24) is 4.57 Å². The van der Waals surface area contributed by atoms with Gasteiger partial charge in [0.05, 0.1) is 0 Å². The van der Waals surface area contributed by atoms with Crippen molar-refractivity contribution < 1.29 is 5.11 Å². The molecule has 3 rings (SSSR count). The number of hydrogen-bond acceptors (Lipinski definition) is 1. The SMILES string of the molecule is Cc1ccc(C)n1-c1ccc(C(C)(C)c2ccc(O)cc2)cc1. The van der Waals surface area contributed by atoms with Crippen molar-refractivity contribution in [1.29, 1.82) is 0 Å². The van der Waals surface area contributed by atoms with Crippen LogP contribution in [0.4, 0.5) is 0 Å². The summed E-state index contributed by atoms with van der Waals surface area (Å²) >= 11 is 0. The van der Waals surface area contributed by atoms with Crippen LogP contribution in [0.1, 0.15) is 36.4 Å². The zero-order chi connectivity index (χ0) is 16.6. The molecule has 0 radical (unpaired) electrons. The first-order valence-corrected chi connectivity index (χ1v) is 7.95. The first kappa shape index (κ1) is 15.4. The summed E-state index contributed by atoms with van der Waals surface area (Å²) in [5, 5.41) is 9.48. The Balaban J connectivity index is 1.97. The van der Waals surface area contributed by atoms with E-state index in [4.69, 9.17) is 0 Å². The van der Waals surface area contributed by atoms with E-state index in [1.807, 2.05) is 12.1 Å². The van der Waals surface area contributed by atoms with Crippen LogP contribution in [0.15, 0.2) is 60.7 Å². The van der Waals surface area contributed by atoms with Gasteiger partial charge in [-0.15, -0.1) is 0 Å². The lowest BCUT2D eigenvalue weighted by molar-refractivity contribution is 0.474. The Kier molecular flexibility index (Phi) is 3.77. The maximum atomic E-state index is 9.48. The largest absolute Gasteiger partial charge is 0.508 e. The zero-order valence-corrected chi connectivity index (χ0v) is 14.2. The van der Waals surface area contributed by atoms with Gasteiger partial charge in [-0.05, 0) is 61.4 Å². The summed E-state index contributed by atoms with van der Waals surface area (Å²) in [5.74, 6) is 0.304. The molecule has 0 saturated carbocycles. The highest BCUT2D eigenvalue weighted by Gasteiger charge is 2.23. The third-order valence-electron chi connectivity index (χ3n) is 4.71. The van der Waals surface area contributed by atoms with Crippen LogP contribution in [0, 0.1) is 13.8 Å². The van der Waals surface area contributed by atoms with Crippen molar-refractivity contribution in [3.8, 4) is 11.4 Å². The average Bonchev–Trinajstić information content (AvgIpc) is 2.87. The van der Waals surface area contributed by atoms with Gasteiger partial charge in [-0.3, -0.25) is 0 Å². The molecule has 0 aliphatic rings. The monoisotopic (exact) mass is 305 g/mol. The van der Waals surface area contributed by atoms with Gasteiger partial charge in [0, 0.05) is 22.5 Å². The van der Waals surface area contributed by atoms with E-state index >= 15 is 0 Å². The standard InChI is InChI=1S/C21H23NO/c1-15-5-6-16(2)22(15)19-11-7-17(8-12-19)21(3,4)18-9-13-20(23)14-10-18/h5-14,23H,1-4H3. The Hall–Kier alpha value is -2.48. The van der Waals surface area contributed by atoms with Crippen LogP contribution in [0.25, 0.3) is 5.69 Å². The molecule has 0 spiro atoms. The maximum absolute atomic E-state index is 9.48. The van der Waals surface area contributed by atoms with Gasteiger partial charge in [0.15, 0.2) is 0 Å². The van der Waals surface area contributed by atoms with Crippen LogP contribution < -0.4 is 0 Å². The predicted octanol–water partition coefficient (Wildman–Crippen LogP) is 5.13. The first-order chi connectivity index (χ1) is 10.9. The maximum Gasteiger partial charge on any atom is 0.115 e. The summed E-state index contributed by atoms with van der Waals surface area (Å²) in [5.41, 5.74) is 6.02. The number of benzene rings is 2.